The van der Waals surface area contributed by atoms with E-state index in [4.69, 9.17) is 22.4 Å². The summed E-state index contributed by atoms with van der Waals surface area (Å²) in [6, 6.07) is 5.86. The van der Waals surface area contributed by atoms with E-state index in [9.17, 15) is 0 Å². The first-order chi connectivity index (χ1) is 8.56. The SMILES string of the molecule is Cc1cnc(CNc2ccc(C(N)=S)c(C)c2)o1. The van der Waals surface area contributed by atoms with Crippen LogP contribution in [0.3, 0.4) is 0 Å². The van der Waals surface area contributed by atoms with Crippen molar-refractivity contribution >= 4 is 22.9 Å². The molecule has 1 aromatic heterocycles. The summed E-state index contributed by atoms with van der Waals surface area (Å²) in [6.07, 6.45) is 1.71. The molecule has 0 radical (unpaired) electrons. The molecule has 5 heteroatoms. The van der Waals surface area contributed by atoms with Crippen molar-refractivity contribution in [1.29, 1.82) is 0 Å². The highest BCUT2D eigenvalue weighted by Gasteiger charge is 2.04. The number of nitrogens with zero attached hydrogens (tertiary/aromatic N) is 1. The van der Waals surface area contributed by atoms with Gasteiger partial charge in [0.1, 0.15) is 10.7 Å². The van der Waals surface area contributed by atoms with Gasteiger partial charge >= 0.3 is 0 Å². The van der Waals surface area contributed by atoms with E-state index < -0.39 is 0 Å². The van der Waals surface area contributed by atoms with Crippen LogP contribution in [-0.4, -0.2) is 9.97 Å². The van der Waals surface area contributed by atoms with E-state index in [-0.39, 0.29) is 0 Å². The minimum Gasteiger partial charge on any atom is -0.444 e. The van der Waals surface area contributed by atoms with Crippen molar-refractivity contribution < 1.29 is 4.42 Å². The van der Waals surface area contributed by atoms with Crippen LogP contribution in [0.2, 0.25) is 0 Å². The Morgan fingerprint density at radius 3 is 2.78 bits per heavy atom. The first kappa shape index (κ1) is 12.6. The van der Waals surface area contributed by atoms with Gasteiger partial charge in [-0.2, -0.15) is 0 Å². The molecular formula is C13H15N3OS. The second-order valence-electron chi connectivity index (χ2n) is 4.11. The highest BCUT2D eigenvalue weighted by atomic mass is 32.1. The van der Waals surface area contributed by atoms with Gasteiger partial charge in [0.05, 0.1) is 12.7 Å². The quantitative estimate of drug-likeness (QED) is 0.828. The number of benzene rings is 1. The van der Waals surface area contributed by atoms with Crippen LogP contribution in [0, 0.1) is 13.8 Å². The molecular weight excluding hydrogens is 246 g/mol. The van der Waals surface area contributed by atoms with Crippen LogP contribution in [-0.2, 0) is 6.54 Å². The Balaban J connectivity index is 2.06. The van der Waals surface area contributed by atoms with Crippen LogP contribution in [0.4, 0.5) is 5.69 Å². The van der Waals surface area contributed by atoms with E-state index >= 15 is 0 Å². The Kier molecular flexibility index (Phi) is 3.62. The molecule has 0 aliphatic heterocycles. The molecule has 0 aliphatic carbocycles. The summed E-state index contributed by atoms with van der Waals surface area (Å²) in [5.74, 6) is 1.48. The van der Waals surface area contributed by atoms with Gasteiger partial charge in [-0.05, 0) is 37.6 Å². The van der Waals surface area contributed by atoms with Crippen molar-refractivity contribution in [2.45, 2.75) is 20.4 Å². The summed E-state index contributed by atoms with van der Waals surface area (Å²) in [7, 11) is 0. The first-order valence-corrected chi connectivity index (χ1v) is 6.02. The predicted octanol–water partition coefficient (Wildman–Crippen LogP) is 2.54. The Hall–Kier alpha value is -1.88. The number of anilines is 1. The van der Waals surface area contributed by atoms with Gasteiger partial charge in [0.15, 0.2) is 0 Å². The van der Waals surface area contributed by atoms with Crippen molar-refractivity contribution in [2.24, 2.45) is 5.73 Å². The molecule has 0 aliphatic rings. The first-order valence-electron chi connectivity index (χ1n) is 5.62. The van der Waals surface area contributed by atoms with Crippen LogP contribution < -0.4 is 11.1 Å². The van der Waals surface area contributed by atoms with Gasteiger partial charge in [0.2, 0.25) is 5.89 Å². The van der Waals surface area contributed by atoms with E-state index in [0.717, 1.165) is 22.6 Å². The lowest BCUT2D eigenvalue weighted by atomic mass is 10.1. The number of aromatic nitrogens is 1. The number of oxazole rings is 1. The molecule has 0 atom stereocenters. The molecule has 1 aromatic carbocycles. The lowest BCUT2D eigenvalue weighted by Gasteiger charge is -2.08. The zero-order chi connectivity index (χ0) is 13.1. The maximum absolute atomic E-state index is 5.62. The molecule has 2 rings (SSSR count). The van der Waals surface area contributed by atoms with Crippen molar-refractivity contribution in [3.8, 4) is 0 Å². The van der Waals surface area contributed by atoms with Crippen LogP contribution in [0.15, 0.2) is 28.8 Å². The largest absolute Gasteiger partial charge is 0.444 e. The molecule has 1 heterocycles. The fourth-order valence-electron chi connectivity index (χ4n) is 1.71. The highest BCUT2D eigenvalue weighted by Crippen LogP contribution is 2.16. The number of thiocarbonyl (C=S) groups is 1. The number of nitrogens with two attached hydrogens (primary N) is 1. The highest BCUT2D eigenvalue weighted by molar-refractivity contribution is 7.80. The second kappa shape index (κ2) is 5.18. The molecule has 0 saturated carbocycles. The number of hydrogen-bond acceptors (Lipinski definition) is 4. The molecule has 4 nitrogen and oxygen atoms in total. The van der Waals surface area contributed by atoms with Crippen molar-refractivity contribution in [3.63, 3.8) is 0 Å². The normalized spacial score (nSPS) is 10.3. The Morgan fingerprint density at radius 1 is 1.44 bits per heavy atom. The molecule has 0 unspecified atom stereocenters. The monoisotopic (exact) mass is 261 g/mol. The molecule has 0 amide bonds. The zero-order valence-corrected chi connectivity index (χ0v) is 11.2. The Bertz CT molecular complexity index is 577. The van der Waals surface area contributed by atoms with Crippen LogP contribution in [0.5, 0.6) is 0 Å². The maximum atomic E-state index is 5.62. The molecule has 0 saturated heterocycles. The van der Waals surface area contributed by atoms with Gasteiger partial charge < -0.3 is 15.5 Å². The van der Waals surface area contributed by atoms with Gasteiger partial charge in [0.25, 0.3) is 0 Å². The summed E-state index contributed by atoms with van der Waals surface area (Å²) < 4.78 is 5.38. The van der Waals surface area contributed by atoms with Crippen molar-refractivity contribution in [1.82, 2.24) is 4.98 Å². The summed E-state index contributed by atoms with van der Waals surface area (Å²) >= 11 is 4.97. The second-order valence-corrected chi connectivity index (χ2v) is 4.55. The van der Waals surface area contributed by atoms with E-state index in [1.807, 2.05) is 32.0 Å². The van der Waals surface area contributed by atoms with Crippen LogP contribution >= 0.6 is 12.2 Å². The third kappa shape index (κ3) is 2.87. The van der Waals surface area contributed by atoms with Gasteiger partial charge in [0, 0.05) is 11.3 Å². The summed E-state index contributed by atoms with van der Waals surface area (Å²) in [4.78, 5) is 4.55. The third-order valence-corrected chi connectivity index (χ3v) is 2.82. The van der Waals surface area contributed by atoms with E-state index in [1.165, 1.54) is 0 Å². The van der Waals surface area contributed by atoms with Gasteiger partial charge in [-0.15, -0.1) is 0 Å². The molecule has 0 bridgehead atoms. The van der Waals surface area contributed by atoms with Crippen LogP contribution in [0.1, 0.15) is 22.8 Å². The van der Waals surface area contributed by atoms with Gasteiger partial charge in [-0.25, -0.2) is 4.98 Å². The predicted molar refractivity (Wildman–Crippen MR) is 75.6 cm³/mol. The third-order valence-electron chi connectivity index (χ3n) is 2.60. The topological polar surface area (TPSA) is 64.1 Å². The van der Waals surface area contributed by atoms with E-state index in [2.05, 4.69) is 10.3 Å². The van der Waals surface area contributed by atoms with Crippen LogP contribution in [0.25, 0.3) is 0 Å². The molecule has 0 fully saturated rings. The lowest BCUT2D eigenvalue weighted by molar-refractivity contribution is 0.479. The molecule has 94 valence electrons. The van der Waals surface area contributed by atoms with Crippen molar-refractivity contribution in [2.75, 3.05) is 5.32 Å². The summed E-state index contributed by atoms with van der Waals surface area (Å²) in [6.45, 7) is 4.41. The fourth-order valence-corrected chi connectivity index (χ4v) is 1.94. The number of aryl methyl sites for hydroxylation is 2. The van der Waals surface area contributed by atoms with Crippen molar-refractivity contribution in [3.05, 3.63) is 47.2 Å². The van der Waals surface area contributed by atoms with Gasteiger partial charge in [-0.1, -0.05) is 12.2 Å². The molecule has 2 aromatic rings. The number of hydrogen-bond donors (Lipinski definition) is 2. The average Bonchev–Trinajstić information content (AvgIpc) is 2.72. The summed E-state index contributed by atoms with van der Waals surface area (Å²) in [5.41, 5.74) is 8.56. The Labute approximate surface area is 111 Å². The summed E-state index contributed by atoms with van der Waals surface area (Å²) in [5, 5.41) is 3.24. The minimum atomic E-state index is 0.419. The van der Waals surface area contributed by atoms with Gasteiger partial charge in [-0.3, -0.25) is 0 Å². The average molecular weight is 261 g/mol. The van der Waals surface area contributed by atoms with E-state index in [1.54, 1.807) is 6.20 Å². The molecule has 0 spiro atoms. The number of rotatable bonds is 4. The lowest BCUT2D eigenvalue weighted by Crippen LogP contribution is -2.11. The minimum absolute atomic E-state index is 0.419. The number of nitrogens with one attached hydrogen (secondary N) is 1. The zero-order valence-electron chi connectivity index (χ0n) is 10.4. The Morgan fingerprint density at radius 2 is 2.22 bits per heavy atom. The molecule has 3 N–H and O–H groups in total. The fraction of sp³-hybridized carbons (Fsp3) is 0.231. The maximum Gasteiger partial charge on any atom is 0.213 e. The smallest absolute Gasteiger partial charge is 0.213 e. The molecule has 18 heavy (non-hydrogen) atoms. The standard InChI is InChI=1S/C13H15N3OS/c1-8-5-10(3-4-11(8)13(14)18)15-7-12-16-6-9(2)17-12/h3-6,15H,7H2,1-2H3,(H2,14,18). The van der Waals surface area contributed by atoms with E-state index in [0.29, 0.717) is 17.4 Å².